The minimum absolute atomic E-state index is 0.0693. The van der Waals surface area contributed by atoms with Gasteiger partial charge in [-0.1, -0.05) is 6.07 Å². The van der Waals surface area contributed by atoms with E-state index in [2.05, 4.69) is 11.4 Å². The van der Waals surface area contributed by atoms with Crippen LogP contribution in [0.15, 0.2) is 23.1 Å². The lowest BCUT2D eigenvalue weighted by molar-refractivity contribution is -0.111. The van der Waals surface area contributed by atoms with Crippen molar-refractivity contribution in [3.63, 3.8) is 0 Å². The fourth-order valence-electron chi connectivity index (χ4n) is 1.32. The van der Waals surface area contributed by atoms with Gasteiger partial charge in [-0.15, -0.1) is 0 Å². The van der Waals surface area contributed by atoms with Gasteiger partial charge in [0.1, 0.15) is 0 Å². The molecular formula is C10H11NOS. The Morgan fingerprint density at radius 3 is 3.00 bits per heavy atom. The predicted octanol–water partition coefficient (Wildman–Crippen LogP) is 2.43. The highest BCUT2D eigenvalue weighted by molar-refractivity contribution is 8.14. The zero-order valence-electron chi connectivity index (χ0n) is 7.63. The van der Waals surface area contributed by atoms with Crippen LogP contribution < -0.4 is 5.32 Å². The predicted molar refractivity (Wildman–Crippen MR) is 55.1 cm³/mol. The third kappa shape index (κ3) is 1.56. The van der Waals surface area contributed by atoms with Crippen LogP contribution in [0.4, 0.5) is 5.69 Å². The highest BCUT2D eigenvalue weighted by Crippen LogP contribution is 2.34. The molecule has 1 aromatic carbocycles. The molecule has 0 aliphatic carbocycles. The molecule has 68 valence electrons. The quantitative estimate of drug-likeness (QED) is 0.686. The maximum atomic E-state index is 11.4. The molecule has 2 nitrogen and oxygen atoms in total. The van der Waals surface area contributed by atoms with Crippen LogP contribution >= 0.6 is 11.8 Å². The summed E-state index contributed by atoms with van der Waals surface area (Å²) in [6.45, 7) is 3.92. The van der Waals surface area contributed by atoms with Crippen LogP contribution in [-0.2, 0) is 4.79 Å². The topological polar surface area (TPSA) is 29.1 Å². The number of carbonyl (C=O) groups excluding carboxylic acids is 1. The molecule has 1 atom stereocenters. The van der Waals surface area contributed by atoms with E-state index in [1.54, 1.807) is 0 Å². The smallest absolute Gasteiger partial charge is 0.215 e. The summed E-state index contributed by atoms with van der Waals surface area (Å²) >= 11 is 1.33. The Bertz CT molecular complexity index is 362. The Hall–Kier alpha value is -0.960. The van der Waals surface area contributed by atoms with Gasteiger partial charge in [0.05, 0.1) is 6.04 Å². The first-order chi connectivity index (χ1) is 6.16. The van der Waals surface area contributed by atoms with Gasteiger partial charge in [0.15, 0.2) is 0 Å². The molecule has 0 saturated carbocycles. The summed E-state index contributed by atoms with van der Waals surface area (Å²) < 4.78 is 0. The van der Waals surface area contributed by atoms with Crippen molar-refractivity contribution in [2.24, 2.45) is 0 Å². The number of nitrogens with one attached hydrogen (secondary N) is 1. The van der Waals surface area contributed by atoms with E-state index in [0.29, 0.717) is 0 Å². The SMILES string of the molecule is Cc1ccc2c(c1)SC(=O)C(C)N2. The van der Waals surface area contributed by atoms with Crippen LogP contribution in [0.3, 0.4) is 0 Å². The number of rotatable bonds is 0. The second-order valence-corrected chi connectivity index (χ2v) is 4.33. The number of fused-ring (bicyclic) bond motifs is 1. The fourth-order valence-corrected chi connectivity index (χ4v) is 2.26. The van der Waals surface area contributed by atoms with E-state index in [9.17, 15) is 4.79 Å². The van der Waals surface area contributed by atoms with Crippen LogP contribution in [0.25, 0.3) is 0 Å². The van der Waals surface area contributed by atoms with Crippen molar-refractivity contribution in [3.8, 4) is 0 Å². The van der Waals surface area contributed by atoms with Gasteiger partial charge in [-0.25, -0.2) is 0 Å². The molecule has 1 heterocycles. The van der Waals surface area contributed by atoms with E-state index in [1.807, 2.05) is 26.0 Å². The summed E-state index contributed by atoms with van der Waals surface area (Å²) in [4.78, 5) is 12.4. The largest absolute Gasteiger partial charge is 0.374 e. The van der Waals surface area contributed by atoms with Crippen LogP contribution in [0.1, 0.15) is 12.5 Å². The van der Waals surface area contributed by atoms with Crippen molar-refractivity contribution in [2.45, 2.75) is 24.8 Å². The van der Waals surface area contributed by atoms with Crippen LogP contribution in [0.5, 0.6) is 0 Å². The molecular weight excluding hydrogens is 182 g/mol. The molecule has 0 saturated heterocycles. The molecule has 1 unspecified atom stereocenters. The molecule has 0 radical (unpaired) electrons. The van der Waals surface area contributed by atoms with Crippen LogP contribution in [0.2, 0.25) is 0 Å². The van der Waals surface area contributed by atoms with Crippen LogP contribution in [0, 0.1) is 6.92 Å². The molecule has 0 aromatic heterocycles. The van der Waals surface area contributed by atoms with Gasteiger partial charge in [-0.2, -0.15) is 0 Å². The first-order valence-electron chi connectivity index (χ1n) is 4.26. The van der Waals surface area contributed by atoms with Crippen molar-refractivity contribution in [2.75, 3.05) is 5.32 Å². The molecule has 0 amide bonds. The van der Waals surface area contributed by atoms with Crippen molar-refractivity contribution in [1.29, 1.82) is 0 Å². The molecule has 1 N–H and O–H groups in total. The van der Waals surface area contributed by atoms with Crippen molar-refractivity contribution >= 4 is 22.6 Å². The summed E-state index contributed by atoms with van der Waals surface area (Å²) in [6, 6.07) is 6.05. The molecule has 13 heavy (non-hydrogen) atoms. The zero-order chi connectivity index (χ0) is 9.42. The summed E-state index contributed by atoms with van der Waals surface area (Å²) in [7, 11) is 0. The van der Waals surface area contributed by atoms with Gasteiger partial charge < -0.3 is 5.32 Å². The lowest BCUT2D eigenvalue weighted by atomic mass is 10.2. The second-order valence-electron chi connectivity index (χ2n) is 3.29. The van der Waals surface area contributed by atoms with Crippen molar-refractivity contribution < 1.29 is 4.79 Å². The molecule has 0 spiro atoms. The van der Waals surface area contributed by atoms with E-state index >= 15 is 0 Å². The second kappa shape index (κ2) is 3.07. The Labute approximate surface area is 81.7 Å². The Kier molecular flexibility index (Phi) is 2.04. The third-order valence-electron chi connectivity index (χ3n) is 2.07. The summed E-state index contributed by atoms with van der Waals surface area (Å²) in [5.74, 6) is 0. The van der Waals surface area contributed by atoms with Gasteiger partial charge in [-0.3, -0.25) is 4.79 Å². The Balaban J connectivity index is 2.42. The Morgan fingerprint density at radius 1 is 1.46 bits per heavy atom. The minimum Gasteiger partial charge on any atom is -0.374 e. The summed E-state index contributed by atoms with van der Waals surface area (Å²) in [5, 5.41) is 3.36. The monoisotopic (exact) mass is 193 g/mol. The van der Waals surface area contributed by atoms with Gasteiger partial charge >= 0.3 is 0 Å². The molecule has 1 aliphatic heterocycles. The first kappa shape index (κ1) is 8.63. The molecule has 1 aromatic rings. The van der Waals surface area contributed by atoms with E-state index in [-0.39, 0.29) is 11.2 Å². The van der Waals surface area contributed by atoms with E-state index in [4.69, 9.17) is 0 Å². The van der Waals surface area contributed by atoms with E-state index in [0.717, 1.165) is 10.6 Å². The number of benzene rings is 1. The Morgan fingerprint density at radius 2 is 2.23 bits per heavy atom. The maximum Gasteiger partial charge on any atom is 0.215 e. The first-order valence-corrected chi connectivity index (χ1v) is 5.07. The lowest BCUT2D eigenvalue weighted by Crippen LogP contribution is -2.27. The number of hydrogen-bond acceptors (Lipinski definition) is 3. The van der Waals surface area contributed by atoms with Crippen molar-refractivity contribution in [1.82, 2.24) is 0 Å². The highest BCUT2D eigenvalue weighted by atomic mass is 32.2. The number of thioether (sulfide) groups is 1. The highest BCUT2D eigenvalue weighted by Gasteiger charge is 2.22. The minimum atomic E-state index is -0.0693. The lowest BCUT2D eigenvalue weighted by Gasteiger charge is -2.22. The fraction of sp³-hybridized carbons (Fsp3) is 0.300. The molecule has 0 bridgehead atoms. The van der Waals surface area contributed by atoms with E-state index < -0.39 is 0 Å². The van der Waals surface area contributed by atoms with Gasteiger partial charge in [0, 0.05) is 10.6 Å². The average Bonchev–Trinajstić information content (AvgIpc) is 2.08. The standard InChI is InChI=1S/C10H11NOS/c1-6-3-4-8-9(5-6)13-10(12)7(2)11-8/h3-5,7,11H,1-2H3. The van der Waals surface area contributed by atoms with Gasteiger partial charge in [0.25, 0.3) is 0 Å². The molecule has 3 heteroatoms. The maximum absolute atomic E-state index is 11.4. The van der Waals surface area contributed by atoms with E-state index in [1.165, 1.54) is 17.3 Å². The van der Waals surface area contributed by atoms with Crippen molar-refractivity contribution in [3.05, 3.63) is 23.8 Å². The summed E-state index contributed by atoms with van der Waals surface area (Å²) in [6.07, 6.45) is 0. The molecule has 0 fully saturated rings. The summed E-state index contributed by atoms with van der Waals surface area (Å²) in [5.41, 5.74) is 2.26. The number of aryl methyl sites for hydroxylation is 1. The van der Waals surface area contributed by atoms with Gasteiger partial charge in [0.2, 0.25) is 5.12 Å². The number of hydrogen-bond donors (Lipinski definition) is 1. The normalized spacial score (nSPS) is 20.8. The third-order valence-corrected chi connectivity index (χ3v) is 3.19. The zero-order valence-corrected chi connectivity index (χ0v) is 8.44. The average molecular weight is 193 g/mol. The number of carbonyl (C=O) groups is 1. The molecule has 1 aliphatic rings. The molecule has 2 rings (SSSR count). The van der Waals surface area contributed by atoms with Crippen LogP contribution in [-0.4, -0.2) is 11.2 Å². The van der Waals surface area contributed by atoms with Gasteiger partial charge in [-0.05, 0) is 43.3 Å². The number of anilines is 1.